The van der Waals surface area contributed by atoms with Gasteiger partial charge in [-0.3, -0.25) is 9.59 Å². The van der Waals surface area contributed by atoms with Gasteiger partial charge in [-0.2, -0.15) is 0 Å². The van der Waals surface area contributed by atoms with E-state index >= 15 is 0 Å². The summed E-state index contributed by atoms with van der Waals surface area (Å²) in [6.07, 6.45) is 12.2. The van der Waals surface area contributed by atoms with Crippen molar-refractivity contribution < 1.29 is 14.3 Å². The van der Waals surface area contributed by atoms with Crippen molar-refractivity contribution in [1.82, 2.24) is 0 Å². The van der Waals surface area contributed by atoms with Crippen LogP contribution in [0.2, 0.25) is 0 Å². The van der Waals surface area contributed by atoms with E-state index in [0.29, 0.717) is 11.7 Å². The second-order valence-corrected chi connectivity index (χ2v) is 10.5. The lowest BCUT2D eigenvalue weighted by molar-refractivity contribution is -0.208. The van der Waals surface area contributed by atoms with E-state index in [4.69, 9.17) is 4.74 Å². The Morgan fingerprint density at radius 2 is 1.25 bits per heavy atom. The molecule has 0 N–H and O–H groups in total. The van der Waals surface area contributed by atoms with Crippen molar-refractivity contribution in [2.24, 2.45) is 40.9 Å². The molecule has 8 rings (SSSR count). The summed E-state index contributed by atoms with van der Waals surface area (Å²) in [4.78, 5) is 25.7. The van der Waals surface area contributed by atoms with E-state index in [9.17, 15) is 9.59 Å². The first kappa shape index (κ1) is 14.3. The smallest absolute Gasteiger partial charge is 0.312 e. The third kappa shape index (κ3) is 1.85. The normalized spacial score (nSPS) is 56.8. The average Bonchev–Trinajstić information content (AvgIpc) is 2.50. The van der Waals surface area contributed by atoms with Gasteiger partial charge in [0.25, 0.3) is 0 Å². The highest BCUT2D eigenvalue weighted by molar-refractivity contribution is 5.86. The highest BCUT2D eigenvalue weighted by Crippen LogP contribution is 2.62. The van der Waals surface area contributed by atoms with Crippen LogP contribution in [0.1, 0.15) is 70.6 Å². The largest absolute Gasteiger partial charge is 0.459 e. The van der Waals surface area contributed by atoms with Crippen LogP contribution in [-0.4, -0.2) is 17.4 Å². The predicted octanol–water partition coefficient (Wildman–Crippen LogP) is 3.89. The van der Waals surface area contributed by atoms with Crippen molar-refractivity contribution in [3.05, 3.63) is 0 Å². The molecule has 0 amide bonds. The first-order chi connectivity index (χ1) is 11.5. The Kier molecular flexibility index (Phi) is 2.66. The van der Waals surface area contributed by atoms with E-state index < -0.39 is 0 Å². The van der Waals surface area contributed by atoms with Crippen molar-refractivity contribution in [3.8, 4) is 0 Å². The van der Waals surface area contributed by atoms with Crippen molar-refractivity contribution >= 4 is 11.8 Å². The molecule has 0 saturated heterocycles. The molecule has 8 bridgehead atoms. The first-order valence-electron chi connectivity index (χ1n) is 10.3. The summed E-state index contributed by atoms with van der Waals surface area (Å²) in [6, 6.07) is 0. The van der Waals surface area contributed by atoms with Gasteiger partial charge in [0.1, 0.15) is 11.4 Å². The molecule has 8 saturated carbocycles. The number of carbonyl (C=O) groups excluding carboxylic acids is 2. The summed E-state index contributed by atoms with van der Waals surface area (Å²) >= 11 is 0. The number of hydrogen-bond donors (Lipinski definition) is 0. The van der Waals surface area contributed by atoms with Gasteiger partial charge < -0.3 is 4.74 Å². The fourth-order valence-corrected chi connectivity index (χ4v) is 8.47. The van der Waals surface area contributed by atoms with Gasteiger partial charge in [-0.15, -0.1) is 0 Å². The van der Waals surface area contributed by atoms with Crippen molar-refractivity contribution in [2.75, 3.05) is 0 Å². The first-order valence-corrected chi connectivity index (χ1v) is 10.3. The van der Waals surface area contributed by atoms with Gasteiger partial charge in [-0.05, 0) is 94.3 Å². The molecular formula is C21H28O3. The van der Waals surface area contributed by atoms with Crippen LogP contribution in [0, 0.1) is 40.9 Å². The molecule has 2 atom stereocenters. The quantitative estimate of drug-likeness (QED) is 0.722. The fourth-order valence-electron chi connectivity index (χ4n) is 8.47. The molecule has 3 heteroatoms. The molecule has 0 aliphatic heterocycles. The van der Waals surface area contributed by atoms with Gasteiger partial charge in [-0.1, -0.05) is 0 Å². The zero-order valence-electron chi connectivity index (χ0n) is 14.5. The van der Waals surface area contributed by atoms with Gasteiger partial charge in [0.2, 0.25) is 0 Å². The van der Waals surface area contributed by atoms with Crippen LogP contribution in [0.3, 0.4) is 0 Å². The molecular weight excluding hydrogens is 300 g/mol. The number of ether oxygens (including phenoxy) is 1. The lowest BCUT2D eigenvalue weighted by Gasteiger charge is -2.58. The SMILES string of the molecule is O=C1C2CC3CC1CC(OC(=O)C14CC5CC(CC(C5)C1)C4)(C3)C2. The van der Waals surface area contributed by atoms with Crippen LogP contribution in [0.25, 0.3) is 0 Å². The lowest BCUT2D eigenvalue weighted by Crippen LogP contribution is -2.59. The molecule has 0 heterocycles. The molecule has 8 aliphatic carbocycles. The van der Waals surface area contributed by atoms with Crippen LogP contribution in [-0.2, 0) is 14.3 Å². The topological polar surface area (TPSA) is 43.4 Å². The highest BCUT2D eigenvalue weighted by Gasteiger charge is 2.60. The molecule has 2 unspecified atom stereocenters. The summed E-state index contributed by atoms with van der Waals surface area (Å²) in [5.74, 6) is 3.97. The van der Waals surface area contributed by atoms with Crippen molar-refractivity contribution in [2.45, 2.75) is 76.2 Å². The molecule has 0 aromatic heterocycles. The highest BCUT2D eigenvalue weighted by atomic mass is 16.6. The Labute approximate surface area is 143 Å². The second kappa shape index (κ2) is 4.45. The summed E-state index contributed by atoms with van der Waals surface area (Å²) in [5, 5.41) is 0. The van der Waals surface area contributed by atoms with Crippen LogP contribution in [0.15, 0.2) is 0 Å². The van der Waals surface area contributed by atoms with E-state index in [0.717, 1.165) is 69.1 Å². The number of carbonyl (C=O) groups is 2. The molecule has 0 spiro atoms. The Morgan fingerprint density at radius 1 is 0.750 bits per heavy atom. The third-order valence-corrected chi connectivity index (χ3v) is 8.72. The Morgan fingerprint density at radius 3 is 1.79 bits per heavy atom. The number of hydrogen-bond acceptors (Lipinski definition) is 3. The summed E-state index contributed by atoms with van der Waals surface area (Å²) in [7, 11) is 0. The Balaban J connectivity index is 1.26. The summed E-state index contributed by atoms with van der Waals surface area (Å²) < 4.78 is 6.39. The zero-order chi connectivity index (χ0) is 16.1. The Bertz CT molecular complexity index is 567. The minimum atomic E-state index is -0.273. The number of esters is 1. The maximum absolute atomic E-state index is 13.4. The maximum atomic E-state index is 13.4. The fraction of sp³-hybridized carbons (Fsp3) is 0.905. The molecule has 8 aliphatic rings. The molecule has 0 aromatic carbocycles. The van der Waals surface area contributed by atoms with E-state index in [-0.39, 0.29) is 28.8 Å². The molecule has 0 aromatic rings. The third-order valence-electron chi connectivity index (χ3n) is 8.72. The van der Waals surface area contributed by atoms with Gasteiger partial charge >= 0.3 is 5.97 Å². The van der Waals surface area contributed by atoms with Crippen molar-refractivity contribution in [1.29, 1.82) is 0 Å². The van der Waals surface area contributed by atoms with Crippen LogP contribution >= 0.6 is 0 Å². The van der Waals surface area contributed by atoms with Gasteiger partial charge in [0.15, 0.2) is 0 Å². The van der Waals surface area contributed by atoms with Crippen molar-refractivity contribution in [3.63, 3.8) is 0 Å². The predicted molar refractivity (Wildman–Crippen MR) is 88.0 cm³/mol. The molecule has 130 valence electrons. The van der Waals surface area contributed by atoms with Crippen LogP contribution in [0.5, 0.6) is 0 Å². The molecule has 8 fully saturated rings. The average molecular weight is 328 g/mol. The molecule has 24 heavy (non-hydrogen) atoms. The molecule has 3 nitrogen and oxygen atoms in total. The van der Waals surface area contributed by atoms with E-state index in [1.807, 2.05) is 0 Å². The number of rotatable bonds is 2. The van der Waals surface area contributed by atoms with Gasteiger partial charge in [0, 0.05) is 11.8 Å². The van der Waals surface area contributed by atoms with E-state index in [1.165, 1.54) is 19.3 Å². The monoisotopic (exact) mass is 328 g/mol. The van der Waals surface area contributed by atoms with Crippen LogP contribution in [0.4, 0.5) is 0 Å². The maximum Gasteiger partial charge on any atom is 0.312 e. The molecule has 0 radical (unpaired) electrons. The van der Waals surface area contributed by atoms with E-state index in [2.05, 4.69) is 0 Å². The minimum Gasteiger partial charge on any atom is -0.459 e. The zero-order valence-corrected chi connectivity index (χ0v) is 14.5. The van der Waals surface area contributed by atoms with Gasteiger partial charge in [-0.25, -0.2) is 0 Å². The van der Waals surface area contributed by atoms with E-state index in [1.54, 1.807) is 0 Å². The summed E-state index contributed by atoms with van der Waals surface area (Å²) in [6.45, 7) is 0. The number of ketones is 1. The Hall–Kier alpha value is -0.860. The second-order valence-electron chi connectivity index (χ2n) is 10.5. The van der Waals surface area contributed by atoms with Gasteiger partial charge in [0.05, 0.1) is 5.41 Å². The number of Topliss-reactive ketones (excluding diaryl/α,β-unsaturated/α-hetero) is 1. The van der Waals surface area contributed by atoms with Crippen LogP contribution < -0.4 is 0 Å². The summed E-state index contributed by atoms with van der Waals surface area (Å²) in [5.41, 5.74) is -0.424. The minimum absolute atomic E-state index is 0.135. The standard InChI is InChI=1S/C21H28O3/c22-18-16-4-15-5-17(18)11-21(9-15,10-16)24-19(23)20-6-12-1-13(7-20)3-14(2-12)8-20/h12-17H,1-11H2. The lowest BCUT2D eigenvalue weighted by atomic mass is 9.49.